The normalized spacial score (nSPS) is 19.2. The third-order valence-corrected chi connectivity index (χ3v) is 7.32. The Kier molecular flexibility index (Phi) is 7.86. The smallest absolute Gasteiger partial charge is 0.264 e. The lowest BCUT2D eigenvalue weighted by Crippen LogP contribution is -2.52. The zero-order valence-corrected chi connectivity index (χ0v) is 20.8. The van der Waals surface area contributed by atoms with Gasteiger partial charge in [0.15, 0.2) is 16.7 Å². The molecule has 0 aromatic heterocycles. The van der Waals surface area contributed by atoms with Crippen molar-refractivity contribution < 1.29 is 19.1 Å². The summed E-state index contributed by atoms with van der Waals surface area (Å²) in [6.45, 7) is 0.462. The molecule has 11 heteroatoms. The van der Waals surface area contributed by atoms with Crippen molar-refractivity contribution in [3.8, 4) is 11.5 Å². The Hall–Kier alpha value is -2.89. The standard InChI is InChI=1S/C23H27N5O4S2/c1-31-19-9-6-15(10-20(19)32-2)17-11-18-22(30)25-26-23(28(18)27-17)34-13-21(29)24-12-14-4-7-16(33-3)8-5-14/h4-10,17-18,27H,11-13H2,1-3H3,(H,24,29)(H,25,30). The number of amides is 2. The summed E-state index contributed by atoms with van der Waals surface area (Å²) in [5.41, 5.74) is 7.94. The summed E-state index contributed by atoms with van der Waals surface area (Å²) >= 11 is 2.95. The van der Waals surface area contributed by atoms with Crippen molar-refractivity contribution in [2.24, 2.45) is 5.10 Å². The number of carbonyl (C=O) groups is 2. The predicted molar refractivity (Wildman–Crippen MR) is 134 cm³/mol. The van der Waals surface area contributed by atoms with Crippen LogP contribution in [0.15, 0.2) is 52.5 Å². The lowest BCUT2D eigenvalue weighted by molar-refractivity contribution is -0.125. The van der Waals surface area contributed by atoms with Crippen molar-refractivity contribution in [1.82, 2.24) is 21.2 Å². The summed E-state index contributed by atoms with van der Waals surface area (Å²) in [6, 6.07) is 13.2. The van der Waals surface area contributed by atoms with Gasteiger partial charge in [-0.15, -0.1) is 16.9 Å². The van der Waals surface area contributed by atoms with Crippen molar-refractivity contribution in [3.05, 3.63) is 53.6 Å². The zero-order valence-electron chi connectivity index (χ0n) is 19.2. The fraction of sp³-hybridized carbons (Fsp3) is 0.348. The van der Waals surface area contributed by atoms with Crippen LogP contribution in [0.25, 0.3) is 0 Å². The van der Waals surface area contributed by atoms with E-state index >= 15 is 0 Å². The second-order valence-electron chi connectivity index (χ2n) is 7.70. The van der Waals surface area contributed by atoms with Crippen LogP contribution >= 0.6 is 23.5 Å². The van der Waals surface area contributed by atoms with Crippen LogP contribution in [-0.2, 0) is 16.1 Å². The third-order valence-electron chi connectivity index (χ3n) is 5.63. The Balaban J connectivity index is 1.35. The molecule has 0 aliphatic carbocycles. The van der Waals surface area contributed by atoms with Crippen LogP contribution in [0.4, 0.5) is 0 Å². The number of hydrogen-bond donors (Lipinski definition) is 3. The maximum atomic E-state index is 12.4. The van der Waals surface area contributed by atoms with E-state index in [0.717, 1.165) is 11.1 Å². The molecule has 0 radical (unpaired) electrons. The van der Waals surface area contributed by atoms with Gasteiger partial charge in [0, 0.05) is 11.4 Å². The first-order valence-electron chi connectivity index (χ1n) is 10.7. The Morgan fingerprint density at radius 3 is 2.65 bits per heavy atom. The molecule has 180 valence electrons. The predicted octanol–water partition coefficient (Wildman–Crippen LogP) is 2.50. The van der Waals surface area contributed by atoms with E-state index < -0.39 is 6.04 Å². The van der Waals surface area contributed by atoms with Crippen LogP contribution in [0.3, 0.4) is 0 Å². The fourth-order valence-corrected chi connectivity index (χ4v) is 4.99. The molecular weight excluding hydrogens is 474 g/mol. The molecule has 3 N–H and O–H groups in total. The van der Waals surface area contributed by atoms with E-state index in [1.165, 1.54) is 16.7 Å². The summed E-state index contributed by atoms with van der Waals surface area (Å²) < 4.78 is 10.7. The number of hydrogen-bond acceptors (Lipinski definition) is 9. The van der Waals surface area contributed by atoms with Crippen LogP contribution in [0, 0.1) is 0 Å². The average molecular weight is 502 g/mol. The van der Waals surface area contributed by atoms with Crippen LogP contribution in [0.5, 0.6) is 11.5 Å². The fourth-order valence-electron chi connectivity index (χ4n) is 3.79. The molecule has 2 amide bonds. The van der Waals surface area contributed by atoms with Crippen LogP contribution < -0.4 is 25.6 Å². The van der Waals surface area contributed by atoms with E-state index in [1.54, 1.807) is 31.0 Å². The number of fused-ring (bicyclic) bond motifs is 1. The quantitative estimate of drug-likeness (QED) is 0.474. The van der Waals surface area contributed by atoms with E-state index in [2.05, 4.69) is 21.3 Å². The van der Waals surface area contributed by atoms with E-state index in [0.29, 0.717) is 29.6 Å². The Bertz CT molecular complexity index is 1080. The first-order valence-corrected chi connectivity index (χ1v) is 12.9. The van der Waals surface area contributed by atoms with Gasteiger partial charge in [-0.1, -0.05) is 30.0 Å². The number of hydrazone groups is 1. The van der Waals surface area contributed by atoms with Gasteiger partial charge in [-0.3, -0.25) is 14.6 Å². The molecular formula is C23H27N5O4S2. The second kappa shape index (κ2) is 11.0. The number of thioether (sulfide) groups is 2. The number of hydrazine groups is 1. The first kappa shape index (κ1) is 24.2. The van der Waals surface area contributed by atoms with E-state index in [4.69, 9.17) is 9.47 Å². The van der Waals surface area contributed by atoms with Crippen molar-refractivity contribution in [1.29, 1.82) is 0 Å². The highest BCUT2D eigenvalue weighted by Crippen LogP contribution is 2.35. The van der Waals surface area contributed by atoms with Gasteiger partial charge >= 0.3 is 0 Å². The molecule has 4 rings (SSSR count). The maximum Gasteiger partial charge on any atom is 0.264 e. The number of carbonyl (C=O) groups excluding carboxylic acids is 2. The number of benzene rings is 2. The Morgan fingerprint density at radius 1 is 1.18 bits per heavy atom. The number of ether oxygens (including phenoxy) is 2. The Morgan fingerprint density at radius 2 is 1.94 bits per heavy atom. The molecule has 1 fully saturated rings. The van der Waals surface area contributed by atoms with Gasteiger partial charge in [0.25, 0.3) is 5.91 Å². The number of rotatable bonds is 8. The zero-order chi connectivity index (χ0) is 24.1. The van der Waals surface area contributed by atoms with Gasteiger partial charge in [0.05, 0.1) is 26.0 Å². The summed E-state index contributed by atoms with van der Waals surface area (Å²) in [7, 11) is 3.18. The number of amidine groups is 1. The molecule has 0 saturated carbocycles. The molecule has 1 saturated heterocycles. The lowest BCUT2D eigenvalue weighted by atomic mass is 10.0. The van der Waals surface area contributed by atoms with Crippen molar-refractivity contribution in [2.75, 3.05) is 26.2 Å². The molecule has 9 nitrogen and oxygen atoms in total. The van der Waals surface area contributed by atoms with Crippen molar-refractivity contribution in [3.63, 3.8) is 0 Å². The highest BCUT2D eigenvalue weighted by Gasteiger charge is 2.42. The van der Waals surface area contributed by atoms with Crippen molar-refractivity contribution >= 4 is 40.5 Å². The minimum absolute atomic E-state index is 0.106. The van der Waals surface area contributed by atoms with Gasteiger partial charge in [0.2, 0.25) is 5.91 Å². The largest absolute Gasteiger partial charge is 0.493 e. The molecule has 0 bridgehead atoms. The molecule has 34 heavy (non-hydrogen) atoms. The van der Waals surface area contributed by atoms with Crippen molar-refractivity contribution in [2.45, 2.75) is 29.9 Å². The van der Waals surface area contributed by atoms with Crippen LogP contribution in [-0.4, -0.2) is 54.3 Å². The summed E-state index contributed by atoms with van der Waals surface area (Å²) in [5.74, 6) is 1.16. The molecule has 2 aliphatic heterocycles. The van der Waals surface area contributed by atoms with Gasteiger partial charge < -0.3 is 14.8 Å². The maximum absolute atomic E-state index is 12.4. The lowest BCUT2D eigenvalue weighted by Gasteiger charge is -2.29. The average Bonchev–Trinajstić information content (AvgIpc) is 3.33. The van der Waals surface area contributed by atoms with Gasteiger partial charge in [0.1, 0.15) is 6.04 Å². The van der Waals surface area contributed by atoms with E-state index in [9.17, 15) is 9.59 Å². The minimum Gasteiger partial charge on any atom is -0.493 e. The minimum atomic E-state index is -0.420. The number of methoxy groups -OCH3 is 2. The third kappa shape index (κ3) is 5.43. The number of nitrogens with one attached hydrogen (secondary N) is 3. The van der Waals surface area contributed by atoms with Crippen LogP contribution in [0.1, 0.15) is 23.6 Å². The summed E-state index contributed by atoms with van der Waals surface area (Å²) in [5, 5.41) is 9.39. The first-order chi connectivity index (χ1) is 16.5. The topological polar surface area (TPSA) is 104 Å². The Labute approximate surface area is 207 Å². The molecule has 2 heterocycles. The van der Waals surface area contributed by atoms with Gasteiger partial charge in [-0.05, 0) is 48.1 Å². The SMILES string of the molecule is COc1ccc(C2CC3C(=O)NN=C(SCC(=O)NCc4ccc(SC)cc4)N3N2)cc1OC. The highest BCUT2D eigenvalue weighted by atomic mass is 32.2. The molecule has 0 spiro atoms. The van der Waals surface area contributed by atoms with Crippen LogP contribution in [0.2, 0.25) is 0 Å². The molecule has 2 aliphatic rings. The second-order valence-corrected chi connectivity index (χ2v) is 9.52. The summed E-state index contributed by atoms with van der Waals surface area (Å²) in [4.78, 5) is 26.0. The monoisotopic (exact) mass is 501 g/mol. The number of nitrogens with zero attached hydrogens (tertiary/aromatic N) is 2. The molecule has 2 unspecified atom stereocenters. The van der Waals surface area contributed by atoms with E-state index in [-0.39, 0.29) is 23.6 Å². The van der Waals surface area contributed by atoms with Gasteiger partial charge in [-0.25, -0.2) is 10.9 Å². The van der Waals surface area contributed by atoms with Gasteiger partial charge in [-0.2, -0.15) is 0 Å². The molecule has 2 aromatic carbocycles. The van der Waals surface area contributed by atoms with E-state index in [1.807, 2.05) is 48.7 Å². The summed E-state index contributed by atoms with van der Waals surface area (Å²) in [6.07, 6.45) is 2.58. The molecule has 2 aromatic rings. The molecule has 2 atom stereocenters. The highest BCUT2D eigenvalue weighted by molar-refractivity contribution is 8.14.